The maximum atomic E-state index is 12.9. The molecular formula is C25H32N8O2. The number of likely N-dealkylation sites (N-methyl/N-ethyl adjacent to an activating group) is 2. The van der Waals surface area contributed by atoms with E-state index in [1.54, 1.807) is 9.80 Å². The number of H-pyrrole nitrogens is 1. The summed E-state index contributed by atoms with van der Waals surface area (Å²) in [6.45, 7) is 10.3. The van der Waals surface area contributed by atoms with Crippen molar-refractivity contribution >= 4 is 29.3 Å². The van der Waals surface area contributed by atoms with Crippen molar-refractivity contribution in [1.29, 1.82) is 0 Å². The molecular weight excluding hydrogens is 444 g/mol. The van der Waals surface area contributed by atoms with E-state index in [0.29, 0.717) is 24.2 Å². The van der Waals surface area contributed by atoms with Crippen LogP contribution < -0.4 is 10.2 Å². The molecule has 2 aromatic rings. The number of amides is 3. The normalized spacial score (nSPS) is 20.4. The average molecular weight is 477 g/mol. The number of aromatic nitrogens is 3. The summed E-state index contributed by atoms with van der Waals surface area (Å²) in [5.74, 6) is -0.323. The smallest absolute Gasteiger partial charge is 0.357 e. The van der Waals surface area contributed by atoms with Gasteiger partial charge in [-0.2, -0.15) is 0 Å². The van der Waals surface area contributed by atoms with Crippen molar-refractivity contribution in [2.75, 3.05) is 50.5 Å². The monoisotopic (exact) mass is 476 g/mol. The van der Waals surface area contributed by atoms with E-state index >= 15 is 0 Å². The Balaban J connectivity index is 1.42. The molecule has 1 aliphatic carbocycles. The lowest BCUT2D eigenvalue weighted by Crippen LogP contribution is -2.49. The molecule has 1 aromatic heterocycles. The average Bonchev–Trinajstić information content (AvgIpc) is 3.53. The molecule has 10 heteroatoms. The Hall–Kier alpha value is -3.61. The number of carbonyl (C=O) groups is 2. The van der Waals surface area contributed by atoms with Gasteiger partial charge in [-0.15, -0.1) is 11.6 Å². The van der Waals surface area contributed by atoms with Gasteiger partial charge < -0.3 is 24.9 Å². The van der Waals surface area contributed by atoms with Gasteiger partial charge in [0.05, 0.1) is 11.4 Å². The number of anilines is 2. The quantitative estimate of drug-likeness (QED) is 0.653. The van der Waals surface area contributed by atoms with E-state index in [9.17, 15) is 9.59 Å². The molecule has 3 amide bonds. The third-order valence-corrected chi connectivity index (χ3v) is 7.99. The molecule has 3 aliphatic rings. The number of hydrogen-bond acceptors (Lipinski definition) is 5. The fourth-order valence-electron chi connectivity index (χ4n) is 5.98. The molecule has 1 saturated carbocycles. The molecule has 1 aromatic carbocycles. The topological polar surface area (TPSA) is 102 Å². The molecule has 0 unspecified atom stereocenters. The minimum atomic E-state index is -0.447. The first-order valence-corrected chi connectivity index (χ1v) is 12.3. The fraction of sp³-hybridized carbons (Fsp3) is 0.560. The number of nitrogens with zero attached hydrogens (tertiary/aromatic N) is 6. The molecule has 2 saturated heterocycles. The summed E-state index contributed by atoms with van der Waals surface area (Å²) in [5.41, 5.74) is 3.34. The number of rotatable bonds is 4. The van der Waals surface area contributed by atoms with Gasteiger partial charge in [-0.1, -0.05) is 24.0 Å². The van der Waals surface area contributed by atoms with Gasteiger partial charge >= 0.3 is 23.7 Å². The summed E-state index contributed by atoms with van der Waals surface area (Å²) < 4.78 is 0. The second-order valence-corrected chi connectivity index (χ2v) is 10.3. The summed E-state index contributed by atoms with van der Waals surface area (Å²) >= 11 is 0. The van der Waals surface area contributed by atoms with Gasteiger partial charge in [-0.05, 0) is 48.8 Å². The first-order valence-electron chi connectivity index (χ1n) is 12.3. The first-order chi connectivity index (χ1) is 16.9. The largest absolute Gasteiger partial charge is 0.395 e. The zero-order valence-corrected chi connectivity index (χ0v) is 20.4. The van der Waals surface area contributed by atoms with E-state index < -0.39 is 5.91 Å². The number of carbonyl (C=O) groups excluding carboxylic acids is 2. The minimum Gasteiger partial charge on any atom is -0.395 e. The maximum absolute atomic E-state index is 12.9. The van der Waals surface area contributed by atoms with Crippen LogP contribution in [0.25, 0.3) is 4.85 Å². The second-order valence-electron chi connectivity index (χ2n) is 10.3. The summed E-state index contributed by atoms with van der Waals surface area (Å²) in [5, 5.41) is 9.31. The third kappa shape index (κ3) is 4.55. The zero-order chi connectivity index (χ0) is 24.6. The van der Waals surface area contributed by atoms with Crippen LogP contribution in [0.15, 0.2) is 18.2 Å². The van der Waals surface area contributed by atoms with E-state index in [1.807, 2.05) is 26.2 Å². The number of nitrogens with one attached hydrogen (secondary N) is 2. The highest BCUT2D eigenvalue weighted by Crippen LogP contribution is 2.47. The molecule has 1 spiro atoms. The lowest BCUT2D eigenvalue weighted by Gasteiger charge is -2.41. The molecule has 0 radical (unpaired) electrons. The van der Waals surface area contributed by atoms with Crippen molar-refractivity contribution < 1.29 is 9.59 Å². The number of hydrogen-bond donors (Lipinski definition) is 2. The Bertz CT molecular complexity index is 1140. The summed E-state index contributed by atoms with van der Waals surface area (Å²) in [7, 11) is 3.67. The van der Waals surface area contributed by atoms with Gasteiger partial charge in [-0.25, -0.2) is 9.89 Å². The highest BCUT2D eigenvalue weighted by Gasteiger charge is 2.38. The number of urea groups is 1. The SMILES string of the molecule is [C-]#[N+]c1nc(C(=O)Nc2ccc(C3CN(C)C(=O)N(C)C3)cc2N2CCC3(CCCC3)CC2)n[nH]1. The van der Waals surface area contributed by atoms with E-state index in [1.165, 1.54) is 38.5 Å². The van der Waals surface area contributed by atoms with Gasteiger partial charge in [0.25, 0.3) is 0 Å². The molecule has 2 aliphatic heterocycles. The van der Waals surface area contributed by atoms with Crippen molar-refractivity contribution in [3.8, 4) is 0 Å². The van der Waals surface area contributed by atoms with E-state index in [-0.39, 0.29) is 23.7 Å². The standard InChI is InChI=1S/C25H32N8O2/c1-26-23-28-21(29-30-23)22(34)27-19-7-6-17(18-15-31(2)24(35)32(3)16-18)14-20(19)33-12-10-25(11-13-33)8-4-5-9-25/h6-7,14,18H,4-5,8-13,15-16H2,2-3H3,(H,27,34)(H,28,29,30). The second kappa shape index (κ2) is 9.21. The molecule has 3 heterocycles. The minimum absolute atomic E-state index is 0.0105. The van der Waals surface area contributed by atoms with Crippen molar-refractivity contribution in [3.63, 3.8) is 0 Å². The van der Waals surface area contributed by atoms with Gasteiger partial charge in [0.15, 0.2) is 0 Å². The molecule has 5 rings (SSSR count). The number of aromatic amines is 1. The zero-order valence-electron chi connectivity index (χ0n) is 20.4. The van der Waals surface area contributed by atoms with Crippen molar-refractivity contribution in [1.82, 2.24) is 25.0 Å². The fourth-order valence-corrected chi connectivity index (χ4v) is 5.98. The van der Waals surface area contributed by atoms with Crippen LogP contribution in [-0.4, -0.2) is 77.2 Å². The van der Waals surface area contributed by atoms with Crippen LogP contribution in [0, 0.1) is 12.0 Å². The predicted molar refractivity (Wildman–Crippen MR) is 133 cm³/mol. The molecule has 3 fully saturated rings. The Morgan fingerprint density at radius 2 is 1.83 bits per heavy atom. The van der Waals surface area contributed by atoms with E-state index in [4.69, 9.17) is 6.57 Å². The first kappa shape index (κ1) is 23.1. The highest BCUT2D eigenvalue weighted by molar-refractivity contribution is 6.03. The lowest BCUT2D eigenvalue weighted by molar-refractivity contribution is 0.101. The molecule has 10 nitrogen and oxygen atoms in total. The van der Waals surface area contributed by atoms with Crippen LogP contribution in [-0.2, 0) is 0 Å². The third-order valence-electron chi connectivity index (χ3n) is 7.99. The van der Waals surface area contributed by atoms with E-state index in [0.717, 1.165) is 24.3 Å². The van der Waals surface area contributed by atoms with Gasteiger partial charge in [-0.3, -0.25) is 4.79 Å². The summed E-state index contributed by atoms with van der Waals surface area (Å²) in [4.78, 5) is 38.1. The van der Waals surface area contributed by atoms with Crippen molar-refractivity contribution in [2.45, 2.75) is 44.4 Å². The van der Waals surface area contributed by atoms with Crippen LogP contribution in [0.4, 0.5) is 22.1 Å². The molecule has 0 bridgehead atoms. The predicted octanol–water partition coefficient (Wildman–Crippen LogP) is 3.85. The van der Waals surface area contributed by atoms with Crippen LogP contribution in [0.5, 0.6) is 0 Å². The molecule has 2 N–H and O–H groups in total. The molecule has 35 heavy (non-hydrogen) atoms. The lowest BCUT2D eigenvalue weighted by atomic mass is 9.77. The summed E-state index contributed by atoms with van der Waals surface area (Å²) in [6, 6.07) is 6.19. The van der Waals surface area contributed by atoms with E-state index in [2.05, 4.69) is 36.3 Å². The number of piperidine rings is 1. The van der Waals surface area contributed by atoms with Crippen LogP contribution in [0.3, 0.4) is 0 Å². The van der Waals surface area contributed by atoms with Crippen LogP contribution >= 0.6 is 0 Å². The van der Waals surface area contributed by atoms with Crippen LogP contribution in [0.2, 0.25) is 0 Å². The Morgan fingerprint density at radius 3 is 2.46 bits per heavy atom. The van der Waals surface area contributed by atoms with Gasteiger partial charge in [0.1, 0.15) is 0 Å². The Kier molecular flexibility index (Phi) is 6.09. The Morgan fingerprint density at radius 1 is 1.14 bits per heavy atom. The van der Waals surface area contributed by atoms with Crippen LogP contribution in [0.1, 0.15) is 60.6 Å². The summed E-state index contributed by atoms with van der Waals surface area (Å²) in [6.07, 6.45) is 7.66. The van der Waals surface area contributed by atoms with Gasteiger partial charge in [0, 0.05) is 46.2 Å². The molecule has 0 atom stereocenters. The Labute approximate surface area is 205 Å². The van der Waals surface area contributed by atoms with Crippen molar-refractivity contribution in [2.24, 2.45) is 5.41 Å². The number of benzene rings is 1. The maximum Gasteiger partial charge on any atom is 0.357 e. The van der Waals surface area contributed by atoms with Gasteiger partial charge in [0.2, 0.25) is 0 Å². The van der Waals surface area contributed by atoms with Crippen molar-refractivity contribution in [3.05, 3.63) is 41.0 Å². The highest BCUT2D eigenvalue weighted by atomic mass is 16.2. The molecule has 184 valence electrons.